The lowest BCUT2D eigenvalue weighted by Gasteiger charge is -2.27. The average Bonchev–Trinajstić information content (AvgIpc) is 2.47. The van der Waals surface area contributed by atoms with Crippen LogP contribution >= 0.6 is 11.8 Å². The molecule has 0 aliphatic heterocycles. The minimum absolute atomic E-state index is 0.0188. The molecule has 5 heteroatoms. The molecule has 0 saturated carbocycles. The van der Waals surface area contributed by atoms with E-state index in [4.69, 9.17) is 9.47 Å². The zero-order chi connectivity index (χ0) is 14.8. The third kappa shape index (κ3) is 6.41. The molecule has 1 aromatic rings. The highest BCUT2D eigenvalue weighted by atomic mass is 32.2. The summed E-state index contributed by atoms with van der Waals surface area (Å²) in [5, 5.41) is 2.88. The van der Waals surface area contributed by atoms with Gasteiger partial charge in [-0.3, -0.25) is 4.79 Å². The second kappa shape index (κ2) is 9.00. The van der Waals surface area contributed by atoms with Crippen molar-refractivity contribution in [2.45, 2.75) is 18.3 Å². The van der Waals surface area contributed by atoms with Crippen molar-refractivity contribution >= 4 is 17.7 Å². The predicted molar refractivity (Wildman–Crippen MR) is 82.9 cm³/mol. The molecule has 0 bridgehead atoms. The first kappa shape index (κ1) is 17.0. The summed E-state index contributed by atoms with van der Waals surface area (Å²) in [6, 6.07) is 10.1. The summed E-state index contributed by atoms with van der Waals surface area (Å²) in [7, 11) is 3.24. The number of carbonyl (C=O) groups is 1. The molecular formula is C15H23NO3S. The fourth-order valence-electron chi connectivity index (χ4n) is 1.66. The molecule has 0 spiro atoms. The Morgan fingerprint density at radius 1 is 1.30 bits per heavy atom. The fraction of sp³-hybridized carbons (Fsp3) is 0.533. The number of thioether (sulfide) groups is 1. The van der Waals surface area contributed by atoms with Crippen LogP contribution in [-0.2, 0) is 20.0 Å². The van der Waals surface area contributed by atoms with Crippen LogP contribution in [-0.4, -0.2) is 44.6 Å². The van der Waals surface area contributed by atoms with Crippen LogP contribution in [0.5, 0.6) is 0 Å². The van der Waals surface area contributed by atoms with Crippen molar-refractivity contribution in [2.75, 3.05) is 33.1 Å². The van der Waals surface area contributed by atoms with E-state index >= 15 is 0 Å². The van der Waals surface area contributed by atoms with Crippen LogP contribution in [0.15, 0.2) is 30.3 Å². The molecule has 0 heterocycles. The first-order valence-corrected chi connectivity index (χ1v) is 7.67. The molecule has 0 saturated heterocycles. The molecule has 0 radical (unpaired) electrons. The van der Waals surface area contributed by atoms with Gasteiger partial charge in [0.1, 0.15) is 5.60 Å². The minimum atomic E-state index is -0.478. The van der Waals surface area contributed by atoms with Crippen LogP contribution in [0.3, 0.4) is 0 Å². The quantitative estimate of drug-likeness (QED) is 0.758. The Morgan fingerprint density at radius 2 is 2.00 bits per heavy atom. The summed E-state index contributed by atoms with van der Waals surface area (Å²) in [4.78, 5) is 11.8. The van der Waals surface area contributed by atoms with Gasteiger partial charge in [-0.2, -0.15) is 0 Å². The third-order valence-corrected chi connectivity index (χ3v) is 3.95. The normalized spacial score (nSPS) is 13.8. The summed E-state index contributed by atoms with van der Waals surface area (Å²) >= 11 is 1.60. The Hall–Kier alpha value is -1.04. The number of ether oxygens (including phenoxy) is 2. The SMILES string of the molecule is COC[C@@](C)(CNC(=O)CSCc1ccccc1)OC. The Morgan fingerprint density at radius 3 is 2.60 bits per heavy atom. The van der Waals surface area contributed by atoms with E-state index in [9.17, 15) is 4.79 Å². The van der Waals surface area contributed by atoms with E-state index in [1.807, 2.05) is 25.1 Å². The zero-order valence-electron chi connectivity index (χ0n) is 12.3. The number of hydrogen-bond acceptors (Lipinski definition) is 4. The predicted octanol–water partition coefficient (Wildman–Crippen LogP) is 2.09. The molecule has 0 fully saturated rings. The fourth-order valence-corrected chi connectivity index (χ4v) is 2.48. The van der Waals surface area contributed by atoms with E-state index in [2.05, 4.69) is 17.4 Å². The number of methoxy groups -OCH3 is 2. The molecular weight excluding hydrogens is 274 g/mol. The Kier molecular flexibility index (Phi) is 7.65. The van der Waals surface area contributed by atoms with E-state index in [1.54, 1.807) is 26.0 Å². The van der Waals surface area contributed by atoms with Crippen LogP contribution in [0, 0.1) is 0 Å². The summed E-state index contributed by atoms with van der Waals surface area (Å²) in [5.74, 6) is 1.31. The molecule has 1 rings (SSSR count). The van der Waals surface area contributed by atoms with Gasteiger partial charge in [-0.15, -0.1) is 11.8 Å². The summed E-state index contributed by atoms with van der Waals surface area (Å²) in [6.07, 6.45) is 0. The maximum absolute atomic E-state index is 11.8. The number of amides is 1. The molecule has 0 aromatic heterocycles. The summed E-state index contributed by atoms with van der Waals surface area (Å²) < 4.78 is 10.4. The van der Waals surface area contributed by atoms with Crippen molar-refractivity contribution in [3.05, 3.63) is 35.9 Å². The molecule has 1 N–H and O–H groups in total. The molecule has 4 nitrogen and oxygen atoms in total. The topological polar surface area (TPSA) is 47.6 Å². The van der Waals surface area contributed by atoms with Gasteiger partial charge in [0.2, 0.25) is 5.91 Å². The van der Waals surface area contributed by atoms with Crippen molar-refractivity contribution in [1.29, 1.82) is 0 Å². The van der Waals surface area contributed by atoms with E-state index in [0.29, 0.717) is 18.9 Å². The lowest BCUT2D eigenvalue weighted by Crippen LogP contribution is -2.45. The highest BCUT2D eigenvalue weighted by Crippen LogP contribution is 2.12. The van der Waals surface area contributed by atoms with Crippen molar-refractivity contribution in [3.8, 4) is 0 Å². The third-order valence-electron chi connectivity index (χ3n) is 2.95. The molecule has 0 aliphatic rings. The summed E-state index contributed by atoms with van der Waals surface area (Å²) in [6.45, 7) is 2.80. The van der Waals surface area contributed by atoms with Gasteiger partial charge in [-0.25, -0.2) is 0 Å². The Bertz CT molecular complexity index is 399. The Labute approximate surface area is 125 Å². The number of nitrogens with one attached hydrogen (secondary N) is 1. The molecule has 112 valence electrons. The largest absolute Gasteiger partial charge is 0.382 e. The molecule has 1 aromatic carbocycles. The number of rotatable bonds is 9. The summed E-state index contributed by atoms with van der Waals surface area (Å²) in [5.41, 5.74) is 0.750. The van der Waals surface area contributed by atoms with Crippen LogP contribution in [0.4, 0.5) is 0 Å². The van der Waals surface area contributed by atoms with Gasteiger partial charge in [-0.05, 0) is 12.5 Å². The highest BCUT2D eigenvalue weighted by molar-refractivity contribution is 7.99. The van der Waals surface area contributed by atoms with Crippen molar-refractivity contribution in [3.63, 3.8) is 0 Å². The van der Waals surface area contributed by atoms with Gasteiger partial charge in [0.05, 0.1) is 12.4 Å². The van der Waals surface area contributed by atoms with Gasteiger partial charge >= 0.3 is 0 Å². The van der Waals surface area contributed by atoms with Gasteiger partial charge in [-0.1, -0.05) is 30.3 Å². The Balaban J connectivity index is 2.23. The highest BCUT2D eigenvalue weighted by Gasteiger charge is 2.24. The smallest absolute Gasteiger partial charge is 0.230 e. The van der Waals surface area contributed by atoms with Gasteiger partial charge < -0.3 is 14.8 Å². The molecule has 20 heavy (non-hydrogen) atoms. The van der Waals surface area contributed by atoms with Crippen molar-refractivity contribution < 1.29 is 14.3 Å². The maximum atomic E-state index is 11.8. The second-order valence-electron chi connectivity index (χ2n) is 4.84. The van der Waals surface area contributed by atoms with Crippen LogP contribution < -0.4 is 5.32 Å². The molecule has 0 unspecified atom stereocenters. The van der Waals surface area contributed by atoms with Gasteiger partial charge in [0.25, 0.3) is 0 Å². The van der Waals surface area contributed by atoms with E-state index in [-0.39, 0.29) is 5.91 Å². The second-order valence-corrected chi connectivity index (χ2v) is 5.83. The number of carbonyl (C=O) groups excluding carboxylic acids is 1. The van der Waals surface area contributed by atoms with Crippen LogP contribution in [0.2, 0.25) is 0 Å². The number of hydrogen-bond donors (Lipinski definition) is 1. The van der Waals surface area contributed by atoms with Gasteiger partial charge in [0.15, 0.2) is 0 Å². The zero-order valence-corrected chi connectivity index (χ0v) is 13.2. The lowest BCUT2D eigenvalue weighted by molar-refractivity contribution is -0.120. The molecule has 1 atom stereocenters. The molecule has 0 aliphatic carbocycles. The molecule has 1 amide bonds. The van der Waals surface area contributed by atoms with Crippen molar-refractivity contribution in [1.82, 2.24) is 5.32 Å². The van der Waals surface area contributed by atoms with E-state index in [1.165, 1.54) is 5.56 Å². The minimum Gasteiger partial charge on any atom is -0.382 e. The van der Waals surface area contributed by atoms with E-state index in [0.717, 1.165) is 5.75 Å². The standard InChI is InChI=1S/C15H23NO3S/c1-15(19-3,12-18-2)11-16-14(17)10-20-9-13-7-5-4-6-8-13/h4-8H,9-12H2,1-3H3,(H,16,17)/t15-/m1/s1. The van der Waals surface area contributed by atoms with Crippen LogP contribution in [0.25, 0.3) is 0 Å². The van der Waals surface area contributed by atoms with Crippen LogP contribution in [0.1, 0.15) is 12.5 Å². The lowest BCUT2D eigenvalue weighted by atomic mass is 10.1. The number of benzene rings is 1. The van der Waals surface area contributed by atoms with Crippen molar-refractivity contribution in [2.24, 2.45) is 0 Å². The maximum Gasteiger partial charge on any atom is 0.230 e. The van der Waals surface area contributed by atoms with Gasteiger partial charge in [0, 0.05) is 26.5 Å². The monoisotopic (exact) mass is 297 g/mol. The average molecular weight is 297 g/mol. The van der Waals surface area contributed by atoms with E-state index < -0.39 is 5.60 Å². The first-order chi connectivity index (χ1) is 9.59. The first-order valence-electron chi connectivity index (χ1n) is 6.52.